The highest BCUT2D eigenvalue weighted by Gasteiger charge is 2.11. The average molecular weight is 331 g/mol. The summed E-state index contributed by atoms with van der Waals surface area (Å²) in [6.07, 6.45) is 0. The molecule has 22 heavy (non-hydrogen) atoms. The van der Waals surface area contributed by atoms with E-state index in [4.69, 9.17) is 4.42 Å². The smallest absolute Gasteiger partial charge is 0.322 e. The molecule has 0 bridgehead atoms. The number of benzene rings is 1. The summed E-state index contributed by atoms with van der Waals surface area (Å²) >= 11 is 3.05. The molecule has 2 heterocycles. The summed E-state index contributed by atoms with van der Waals surface area (Å²) in [7, 11) is 0. The molecule has 0 spiro atoms. The van der Waals surface area contributed by atoms with E-state index >= 15 is 0 Å². The zero-order chi connectivity index (χ0) is 15.2. The number of nitrogens with zero attached hydrogens (tertiary/aromatic N) is 2. The molecule has 0 aliphatic heterocycles. The molecule has 7 heteroatoms. The van der Waals surface area contributed by atoms with E-state index < -0.39 is 0 Å². The highest BCUT2D eigenvalue weighted by Crippen LogP contribution is 2.24. The van der Waals surface area contributed by atoms with Gasteiger partial charge >= 0.3 is 6.01 Å². The predicted octanol–water partition coefficient (Wildman–Crippen LogP) is 3.67. The monoisotopic (exact) mass is 331 g/mol. The Balaban J connectivity index is 1.48. The lowest BCUT2D eigenvalue weighted by Gasteiger charge is -2.01. The largest absolute Gasteiger partial charge is 0.402 e. The molecule has 0 aliphatic rings. The van der Waals surface area contributed by atoms with Crippen molar-refractivity contribution in [1.82, 2.24) is 10.2 Å². The molecular formula is C15H13N3O2S2. The number of hydrogen-bond acceptors (Lipinski definition) is 6. The maximum Gasteiger partial charge on any atom is 0.322 e. The second kappa shape index (κ2) is 7.24. The molecule has 3 rings (SSSR count). The van der Waals surface area contributed by atoms with E-state index in [1.54, 1.807) is 0 Å². The minimum absolute atomic E-state index is 0.133. The Kier molecular flexibility index (Phi) is 4.87. The van der Waals surface area contributed by atoms with Gasteiger partial charge in [-0.3, -0.25) is 10.1 Å². The van der Waals surface area contributed by atoms with Crippen LogP contribution in [0.1, 0.15) is 5.56 Å². The van der Waals surface area contributed by atoms with E-state index in [0.29, 0.717) is 11.6 Å². The molecule has 1 amide bonds. The van der Waals surface area contributed by atoms with Crippen LogP contribution in [0.3, 0.4) is 0 Å². The van der Waals surface area contributed by atoms with Crippen LogP contribution in [-0.4, -0.2) is 21.9 Å². The summed E-state index contributed by atoms with van der Waals surface area (Å²) in [6, 6.07) is 13.9. The summed E-state index contributed by atoms with van der Waals surface area (Å²) in [5.41, 5.74) is 1.19. The molecule has 5 nitrogen and oxygen atoms in total. The summed E-state index contributed by atoms with van der Waals surface area (Å²) in [4.78, 5) is 12.7. The first-order valence-corrected chi connectivity index (χ1v) is 8.63. The highest BCUT2D eigenvalue weighted by molar-refractivity contribution is 7.99. The molecule has 0 unspecified atom stereocenters. The van der Waals surface area contributed by atoms with Crippen LogP contribution in [0.15, 0.2) is 52.3 Å². The zero-order valence-corrected chi connectivity index (χ0v) is 13.2. The van der Waals surface area contributed by atoms with Gasteiger partial charge in [-0.05, 0) is 17.0 Å². The van der Waals surface area contributed by atoms with Crippen molar-refractivity contribution < 1.29 is 9.21 Å². The van der Waals surface area contributed by atoms with Crippen molar-refractivity contribution >= 4 is 35.0 Å². The quantitative estimate of drug-likeness (QED) is 0.746. The topological polar surface area (TPSA) is 68.0 Å². The van der Waals surface area contributed by atoms with Crippen LogP contribution in [0.2, 0.25) is 0 Å². The molecule has 0 aliphatic carbocycles. The normalized spacial score (nSPS) is 10.5. The van der Waals surface area contributed by atoms with Crippen molar-refractivity contribution in [3.63, 3.8) is 0 Å². The van der Waals surface area contributed by atoms with Crippen molar-refractivity contribution in [3.05, 3.63) is 53.4 Å². The lowest BCUT2D eigenvalue weighted by molar-refractivity contribution is -0.113. The number of thioether (sulfide) groups is 1. The van der Waals surface area contributed by atoms with Gasteiger partial charge in [0.2, 0.25) is 5.91 Å². The van der Waals surface area contributed by atoms with E-state index in [-0.39, 0.29) is 11.9 Å². The minimum Gasteiger partial charge on any atom is -0.402 e. The molecular weight excluding hydrogens is 318 g/mol. The van der Waals surface area contributed by atoms with Gasteiger partial charge in [-0.2, -0.15) is 0 Å². The first-order valence-electron chi connectivity index (χ1n) is 6.60. The van der Waals surface area contributed by atoms with E-state index in [1.165, 1.54) is 28.7 Å². The number of thiophene rings is 1. The Morgan fingerprint density at radius 1 is 1.18 bits per heavy atom. The first kappa shape index (κ1) is 14.8. The molecule has 112 valence electrons. The van der Waals surface area contributed by atoms with Crippen molar-refractivity contribution in [1.29, 1.82) is 0 Å². The van der Waals surface area contributed by atoms with E-state index in [1.807, 2.05) is 47.8 Å². The van der Waals surface area contributed by atoms with Crippen LogP contribution in [0.25, 0.3) is 10.8 Å². The van der Waals surface area contributed by atoms with Gasteiger partial charge in [-0.15, -0.1) is 28.2 Å². The van der Waals surface area contributed by atoms with E-state index in [2.05, 4.69) is 15.5 Å². The van der Waals surface area contributed by atoms with Gasteiger partial charge in [-0.25, -0.2) is 0 Å². The number of rotatable bonds is 6. The maximum atomic E-state index is 11.8. The van der Waals surface area contributed by atoms with Crippen molar-refractivity contribution in [2.45, 2.75) is 5.75 Å². The molecule has 0 saturated carbocycles. The summed E-state index contributed by atoms with van der Waals surface area (Å²) in [5, 5.41) is 12.3. The number of hydrogen-bond donors (Lipinski definition) is 1. The Bertz CT molecular complexity index is 726. The van der Waals surface area contributed by atoms with Crippen molar-refractivity contribution in [2.24, 2.45) is 0 Å². The standard InChI is InChI=1S/C15H13N3O2S2/c19-13(10-21-9-11-5-2-1-3-6-11)16-15-18-17-14(20-15)12-7-4-8-22-12/h1-8H,9-10H2,(H,16,18,19). The predicted molar refractivity (Wildman–Crippen MR) is 88.8 cm³/mol. The molecule has 3 aromatic rings. The summed E-state index contributed by atoms with van der Waals surface area (Å²) < 4.78 is 5.41. The number of aromatic nitrogens is 2. The second-order valence-electron chi connectivity index (χ2n) is 4.42. The van der Waals surface area contributed by atoms with Gasteiger partial charge in [0.05, 0.1) is 10.6 Å². The molecule has 0 saturated heterocycles. The first-order chi connectivity index (χ1) is 10.8. The number of amides is 1. The van der Waals surface area contributed by atoms with Crippen LogP contribution in [0.5, 0.6) is 0 Å². The lowest BCUT2D eigenvalue weighted by Crippen LogP contribution is -2.14. The van der Waals surface area contributed by atoms with Crippen LogP contribution in [0.4, 0.5) is 6.01 Å². The lowest BCUT2D eigenvalue weighted by atomic mass is 10.2. The molecule has 1 aromatic carbocycles. The van der Waals surface area contributed by atoms with Gasteiger partial charge in [0, 0.05) is 5.75 Å². The summed E-state index contributed by atoms with van der Waals surface area (Å²) in [5.74, 6) is 1.40. The van der Waals surface area contributed by atoms with E-state index in [0.717, 1.165) is 10.6 Å². The molecule has 2 aromatic heterocycles. The third-order valence-electron chi connectivity index (χ3n) is 2.75. The molecule has 0 atom stereocenters. The molecule has 0 fully saturated rings. The SMILES string of the molecule is O=C(CSCc1ccccc1)Nc1nnc(-c2cccs2)o1. The van der Waals surface area contributed by atoms with Gasteiger partial charge < -0.3 is 4.42 Å². The van der Waals surface area contributed by atoms with Crippen molar-refractivity contribution in [3.8, 4) is 10.8 Å². The third-order valence-corrected chi connectivity index (χ3v) is 4.61. The van der Waals surface area contributed by atoms with Gasteiger partial charge in [0.25, 0.3) is 5.89 Å². The van der Waals surface area contributed by atoms with Gasteiger partial charge in [0.15, 0.2) is 0 Å². The zero-order valence-electron chi connectivity index (χ0n) is 11.6. The Morgan fingerprint density at radius 3 is 2.82 bits per heavy atom. The second-order valence-corrected chi connectivity index (χ2v) is 6.35. The van der Waals surface area contributed by atoms with Crippen LogP contribution in [0, 0.1) is 0 Å². The van der Waals surface area contributed by atoms with Crippen molar-refractivity contribution in [2.75, 3.05) is 11.1 Å². The molecule has 0 radical (unpaired) electrons. The fourth-order valence-corrected chi connectivity index (χ4v) is 3.20. The Hall–Kier alpha value is -2.12. The van der Waals surface area contributed by atoms with Gasteiger partial charge in [0.1, 0.15) is 0 Å². The number of carbonyl (C=O) groups excluding carboxylic acids is 1. The molecule has 1 N–H and O–H groups in total. The minimum atomic E-state index is -0.151. The average Bonchev–Trinajstić information content (AvgIpc) is 3.19. The number of anilines is 1. The fraction of sp³-hybridized carbons (Fsp3) is 0.133. The third kappa shape index (κ3) is 3.96. The Morgan fingerprint density at radius 2 is 2.05 bits per heavy atom. The number of carbonyl (C=O) groups is 1. The van der Waals surface area contributed by atoms with Crippen LogP contribution >= 0.6 is 23.1 Å². The number of nitrogens with one attached hydrogen (secondary N) is 1. The summed E-state index contributed by atoms with van der Waals surface area (Å²) in [6.45, 7) is 0. The fourth-order valence-electron chi connectivity index (χ4n) is 1.76. The van der Waals surface area contributed by atoms with Crippen LogP contribution < -0.4 is 5.32 Å². The highest BCUT2D eigenvalue weighted by atomic mass is 32.2. The van der Waals surface area contributed by atoms with Crippen LogP contribution in [-0.2, 0) is 10.5 Å². The maximum absolute atomic E-state index is 11.8. The Labute approximate surface area is 135 Å². The van der Waals surface area contributed by atoms with Gasteiger partial charge in [-0.1, -0.05) is 41.5 Å². The van der Waals surface area contributed by atoms with E-state index in [9.17, 15) is 4.79 Å².